The van der Waals surface area contributed by atoms with Crippen molar-refractivity contribution in [3.63, 3.8) is 0 Å². The summed E-state index contributed by atoms with van der Waals surface area (Å²) >= 11 is 0. The molecule has 2 aromatic rings. The van der Waals surface area contributed by atoms with Gasteiger partial charge in [0.15, 0.2) is 0 Å². The number of morpholine rings is 1. The lowest BCUT2D eigenvalue weighted by atomic mass is 10.0. The fourth-order valence-electron chi connectivity index (χ4n) is 2.45. The zero-order valence-corrected chi connectivity index (χ0v) is 10.6. The summed E-state index contributed by atoms with van der Waals surface area (Å²) in [5, 5.41) is 1.85. The third kappa shape index (κ3) is 2.15. The van der Waals surface area contributed by atoms with Crippen molar-refractivity contribution >= 4 is 22.4 Å². The smallest absolute Gasteiger partial charge is 0.254 e. The Kier molecular flexibility index (Phi) is 3.09. The molecule has 0 aliphatic carbocycles. The number of anilines is 1. The Hall–Kier alpha value is -2.07. The molecule has 0 spiro atoms. The Labute approximate surface area is 111 Å². The maximum atomic E-state index is 12.6. The number of fused-ring (bicyclic) bond motifs is 1. The van der Waals surface area contributed by atoms with Crippen LogP contribution < -0.4 is 5.73 Å². The number of hydrogen-bond donors (Lipinski definition) is 1. The van der Waals surface area contributed by atoms with E-state index in [1.54, 1.807) is 6.07 Å². The predicted octanol–water partition coefficient (Wildman–Crippen LogP) is 1.89. The predicted molar refractivity (Wildman–Crippen MR) is 75.1 cm³/mol. The number of benzene rings is 2. The van der Waals surface area contributed by atoms with Gasteiger partial charge in [-0.2, -0.15) is 0 Å². The first-order valence-corrected chi connectivity index (χ1v) is 6.41. The van der Waals surface area contributed by atoms with Gasteiger partial charge in [-0.15, -0.1) is 0 Å². The number of nitrogens with zero attached hydrogens (tertiary/aromatic N) is 1. The Morgan fingerprint density at radius 2 is 1.74 bits per heavy atom. The molecule has 1 amide bonds. The molecule has 2 N–H and O–H groups in total. The molecular formula is C15H16N2O2. The lowest BCUT2D eigenvalue weighted by Gasteiger charge is -2.27. The molecule has 0 atom stereocenters. The molecule has 98 valence electrons. The van der Waals surface area contributed by atoms with Gasteiger partial charge in [0.1, 0.15) is 0 Å². The summed E-state index contributed by atoms with van der Waals surface area (Å²) in [6, 6.07) is 11.4. The van der Waals surface area contributed by atoms with Crippen LogP contribution in [0.5, 0.6) is 0 Å². The van der Waals surface area contributed by atoms with Crippen LogP contribution in [0.4, 0.5) is 5.69 Å². The fraction of sp³-hybridized carbons (Fsp3) is 0.267. The standard InChI is InChI=1S/C15H16N2O2/c16-14-6-5-13(11-3-1-2-4-12(11)14)15(18)17-7-9-19-10-8-17/h1-6H,7-10,16H2. The summed E-state index contributed by atoms with van der Waals surface area (Å²) in [6.45, 7) is 2.52. The number of carbonyl (C=O) groups excluding carboxylic acids is 1. The van der Waals surface area contributed by atoms with Crippen LogP contribution in [0, 0.1) is 0 Å². The number of amides is 1. The highest BCUT2D eigenvalue weighted by atomic mass is 16.5. The molecule has 0 bridgehead atoms. The highest BCUT2D eigenvalue weighted by Gasteiger charge is 2.20. The van der Waals surface area contributed by atoms with E-state index in [4.69, 9.17) is 10.5 Å². The first-order valence-electron chi connectivity index (χ1n) is 6.41. The van der Waals surface area contributed by atoms with E-state index in [-0.39, 0.29) is 5.91 Å². The quantitative estimate of drug-likeness (QED) is 0.793. The van der Waals surface area contributed by atoms with E-state index < -0.39 is 0 Å². The zero-order chi connectivity index (χ0) is 13.2. The van der Waals surface area contributed by atoms with E-state index in [0.29, 0.717) is 37.6 Å². The molecule has 1 aliphatic heterocycles. The second-order valence-electron chi connectivity index (χ2n) is 4.65. The maximum absolute atomic E-state index is 12.6. The summed E-state index contributed by atoms with van der Waals surface area (Å²) in [5.74, 6) is 0.0551. The summed E-state index contributed by atoms with van der Waals surface area (Å²) in [6.07, 6.45) is 0. The van der Waals surface area contributed by atoms with Gasteiger partial charge in [-0.25, -0.2) is 0 Å². The second kappa shape index (κ2) is 4.90. The van der Waals surface area contributed by atoms with Crippen molar-refractivity contribution in [2.75, 3.05) is 32.0 Å². The van der Waals surface area contributed by atoms with Crippen molar-refractivity contribution in [2.45, 2.75) is 0 Å². The highest BCUT2D eigenvalue weighted by Crippen LogP contribution is 2.25. The summed E-state index contributed by atoms with van der Waals surface area (Å²) in [4.78, 5) is 14.4. The number of carbonyl (C=O) groups is 1. The van der Waals surface area contributed by atoms with Crippen LogP contribution in [0.15, 0.2) is 36.4 Å². The first-order chi connectivity index (χ1) is 9.27. The molecule has 1 aliphatic rings. The number of hydrogen-bond acceptors (Lipinski definition) is 3. The monoisotopic (exact) mass is 256 g/mol. The van der Waals surface area contributed by atoms with Crippen molar-refractivity contribution in [1.29, 1.82) is 0 Å². The van der Waals surface area contributed by atoms with Gasteiger partial charge in [-0.05, 0) is 17.5 Å². The lowest BCUT2D eigenvalue weighted by Crippen LogP contribution is -2.40. The minimum absolute atomic E-state index is 0.0551. The lowest BCUT2D eigenvalue weighted by molar-refractivity contribution is 0.0304. The SMILES string of the molecule is Nc1ccc(C(=O)N2CCOCC2)c2ccccc12. The van der Waals surface area contributed by atoms with Crippen molar-refractivity contribution in [2.24, 2.45) is 0 Å². The number of nitrogen functional groups attached to an aromatic ring is 1. The second-order valence-corrected chi connectivity index (χ2v) is 4.65. The van der Waals surface area contributed by atoms with Crippen molar-refractivity contribution < 1.29 is 9.53 Å². The minimum atomic E-state index is 0.0551. The third-order valence-electron chi connectivity index (χ3n) is 3.49. The largest absolute Gasteiger partial charge is 0.398 e. The van der Waals surface area contributed by atoms with E-state index in [1.165, 1.54) is 0 Å². The van der Waals surface area contributed by atoms with Gasteiger partial charge in [-0.3, -0.25) is 4.79 Å². The molecule has 2 aromatic carbocycles. The topological polar surface area (TPSA) is 55.6 Å². The normalized spacial score (nSPS) is 15.7. The summed E-state index contributed by atoms with van der Waals surface area (Å²) < 4.78 is 5.28. The molecule has 1 fully saturated rings. The Bertz CT molecular complexity index is 619. The molecule has 0 aromatic heterocycles. The molecule has 1 heterocycles. The highest BCUT2D eigenvalue weighted by molar-refractivity contribution is 6.10. The molecule has 1 saturated heterocycles. The average molecular weight is 256 g/mol. The van der Waals surface area contributed by atoms with E-state index in [2.05, 4.69) is 0 Å². The maximum Gasteiger partial charge on any atom is 0.254 e. The molecular weight excluding hydrogens is 240 g/mol. The molecule has 0 unspecified atom stereocenters. The van der Waals surface area contributed by atoms with Crippen LogP contribution in [0.1, 0.15) is 10.4 Å². The van der Waals surface area contributed by atoms with Crippen LogP contribution in [-0.2, 0) is 4.74 Å². The fourth-order valence-corrected chi connectivity index (χ4v) is 2.45. The molecule has 4 heteroatoms. The number of nitrogens with two attached hydrogens (primary N) is 1. The molecule has 19 heavy (non-hydrogen) atoms. The van der Waals surface area contributed by atoms with Gasteiger partial charge >= 0.3 is 0 Å². The molecule has 0 radical (unpaired) electrons. The number of ether oxygens (including phenoxy) is 1. The van der Waals surface area contributed by atoms with Crippen LogP contribution in [-0.4, -0.2) is 37.1 Å². The van der Waals surface area contributed by atoms with Crippen molar-refractivity contribution in [3.8, 4) is 0 Å². The van der Waals surface area contributed by atoms with Gasteiger partial charge in [0.2, 0.25) is 0 Å². The summed E-state index contributed by atoms with van der Waals surface area (Å²) in [7, 11) is 0. The van der Waals surface area contributed by atoms with E-state index in [0.717, 1.165) is 10.8 Å². The van der Waals surface area contributed by atoms with Gasteiger partial charge < -0.3 is 15.4 Å². The number of rotatable bonds is 1. The molecule has 0 saturated carbocycles. The minimum Gasteiger partial charge on any atom is -0.398 e. The zero-order valence-electron chi connectivity index (χ0n) is 10.6. The van der Waals surface area contributed by atoms with Crippen LogP contribution in [0.3, 0.4) is 0 Å². The Morgan fingerprint density at radius 1 is 1.05 bits per heavy atom. The van der Waals surface area contributed by atoms with Gasteiger partial charge in [-0.1, -0.05) is 24.3 Å². The van der Waals surface area contributed by atoms with Crippen molar-refractivity contribution in [3.05, 3.63) is 42.0 Å². The Balaban J connectivity index is 2.05. The van der Waals surface area contributed by atoms with E-state index in [9.17, 15) is 4.79 Å². The Morgan fingerprint density at radius 3 is 2.47 bits per heavy atom. The summed E-state index contributed by atoms with van der Waals surface area (Å²) in [5.41, 5.74) is 7.38. The third-order valence-corrected chi connectivity index (χ3v) is 3.49. The van der Waals surface area contributed by atoms with Gasteiger partial charge in [0.05, 0.1) is 13.2 Å². The van der Waals surface area contributed by atoms with Gasteiger partial charge in [0.25, 0.3) is 5.91 Å². The van der Waals surface area contributed by atoms with E-state index in [1.807, 2.05) is 35.2 Å². The average Bonchev–Trinajstić information content (AvgIpc) is 2.48. The van der Waals surface area contributed by atoms with Crippen LogP contribution in [0.2, 0.25) is 0 Å². The van der Waals surface area contributed by atoms with E-state index >= 15 is 0 Å². The molecule has 4 nitrogen and oxygen atoms in total. The molecule has 3 rings (SSSR count). The first kappa shape index (κ1) is 12.0. The van der Waals surface area contributed by atoms with Crippen LogP contribution >= 0.6 is 0 Å². The van der Waals surface area contributed by atoms with Crippen molar-refractivity contribution in [1.82, 2.24) is 4.90 Å². The van der Waals surface area contributed by atoms with Crippen LogP contribution in [0.25, 0.3) is 10.8 Å². The van der Waals surface area contributed by atoms with Gasteiger partial charge in [0, 0.05) is 29.7 Å².